The Morgan fingerprint density at radius 1 is 1.46 bits per heavy atom. The number of esters is 1. The summed E-state index contributed by atoms with van der Waals surface area (Å²) >= 11 is 0. The molecule has 13 heavy (non-hydrogen) atoms. The van der Waals surface area contributed by atoms with Crippen LogP contribution in [0.1, 0.15) is 10.5 Å². The van der Waals surface area contributed by atoms with Gasteiger partial charge in [0.05, 0.1) is 14.2 Å². The van der Waals surface area contributed by atoms with Gasteiger partial charge in [-0.2, -0.15) is 0 Å². The smallest absolute Gasteiger partial charge is 0.358 e. The average molecular weight is 183 g/mol. The minimum Gasteiger partial charge on any atom is -0.491 e. The van der Waals surface area contributed by atoms with Gasteiger partial charge < -0.3 is 14.5 Å². The highest BCUT2D eigenvalue weighted by molar-refractivity contribution is 5.90. The Balaban J connectivity index is 3.28. The normalized spacial score (nSPS) is 9.38. The summed E-state index contributed by atoms with van der Waals surface area (Å²) in [5.41, 5.74) is -0.334. The molecule has 5 heteroatoms. The van der Waals surface area contributed by atoms with Crippen LogP contribution >= 0.6 is 0 Å². The first kappa shape index (κ1) is 9.31. The van der Waals surface area contributed by atoms with Gasteiger partial charge >= 0.3 is 5.97 Å². The molecule has 1 N–H and O–H groups in total. The van der Waals surface area contributed by atoms with Gasteiger partial charge in [-0.3, -0.25) is 4.79 Å². The average Bonchev–Trinajstić information content (AvgIpc) is 2.16. The molecule has 0 bridgehead atoms. The van der Waals surface area contributed by atoms with Crippen molar-refractivity contribution in [2.24, 2.45) is 0 Å². The molecule has 0 atom stereocenters. The zero-order valence-corrected chi connectivity index (χ0v) is 7.29. The largest absolute Gasteiger partial charge is 0.491 e. The van der Waals surface area contributed by atoms with Gasteiger partial charge in [0.25, 0.3) is 0 Å². The molecule has 0 aliphatic rings. The Morgan fingerprint density at radius 2 is 2.15 bits per heavy atom. The first-order chi connectivity index (χ1) is 6.20. The van der Waals surface area contributed by atoms with Crippen molar-refractivity contribution in [2.75, 3.05) is 14.2 Å². The van der Waals surface area contributed by atoms with Gasteiger partial charge in [-0.1, -0.05) is 0 Å². The van der Waals surface area contributed by atoms with Gasteiger partial charge in [0.15, 0.2) is 11.4 Å². The van der Waals surface area contributed by atoms with E-state index >= 15 is 0 Å². The molecule has 0 aromatic carbocycles. The fraction of sp³-hybridized carbons (Fsp3) is 0.250. The van der Waals surface area contributed by atoms with Crippen LogP contribution in [0.2, 0.25) is 0 Å². The Kier molecular flexibility index (Phi) is 2.69. The maximum absolute atomic E-state index is 11.1. The highest BCUT2D eigenvalue weighted by Crippen LogP contribution is 2.09. The lowest BCUT2D eigenvalue weighted by Crippen LogP contribution is -2.14. The molecule has 0 aliphatic carbocycles. The minimum absolute atomic E-state index is 0.0255. The van der Waals surface area contributed by atoms with Crippen molar-refractivity contribution in [2.45, 2.75) is 0 Å². The third kappa shape index (κ3) is 1.69. The van der Waals surface area contributed by atoms with E-state index in [-0.39, 0.29) is 16.9 Å². The number of hydrogen-bond acceptors (Lipinski definition) is 4. The van der Waals surface area contributed by atoms with Gasteiger partial charge in [-0.05, 0) is 0 Å². The number of aromatic amines is 1. The number of carbonyl (C=O) groups excluding carboxylic acids is 1. The van der Waals surface area contributed by atoms with E-state index in [4.69, 9.17) is 4.74 Å². The number of aromatic nitrogens is 1. The third-order valence-electron chi connectivity index (χ3n) is 1.51. The molecular formula is C8H9NO4. The van der Waals surface area contributed by atoms with Gasteiger partial charge in [0, 0.05) is 12.3 Å². The van der Waals surface area contributed by atoms with Crippen molar-refractivity contribution in [1.29, 1.82) is 0 Å². The molecule has 0 amide bonds. The van der Waals surface area contributed by atoms with E-state index in [0.717, 1.165) is 0 Å². The molecule has 0 radical (unpaired) electrons. The van der Waals surface area contributed by atoms with Gasteiger partial charge in [0.2, 0.25) is 5.43 Å². The van der Waals surface area contributed by atoms with E-state index in [9.17, 15) is 9.59 Å². The van der Waals surface area contributed by atoms with E-state index in [2.05, 4.69) is 9.72 Å². The van der Waals surface area contributed by atoms with Crippen LogP contribution in [0, 0.1) is 0 Å². The van der Waals surface area contributed by atoms with E-state index in [1.807, 2.05) is 0 Å². The third-order valence-corrected chi connectivity index (χ3v) is 1.51. The van der Waals surface area contributed by atoms with Gasteiger partial charge in [-0.15, -0.1) is 0 Å². The lowest BCUT2D eigenvalue weighted by Gasteiger charge is -2.04. The quantitative estimate of drug-likeness (QED) is 0.663. The molecule has 0 fully saturated rings. The van der Waals surface area contributed by atoms with Gasteiger partial charge in [-0.25, -0.2) is 4.79 Å². The van der Waals surface area contributed by atoms with Crippen LogP contribution in [0.15, 0.2) is 17.1 Å². The summed E-state index contributed by atoms with van der Waals surface area (Å²) in [6.45, 7) is 0. The summed E-state index contributed by atoms with van der Waals surface area (Å²) in [4.78, 5) is 24.8. The number of carbonyl (C=O) groups is 1. The number of rotatable bonds is 2. The molecule has 0 spiro atoms. The summed E-state index contributed by atoms with van der Waals surface area (Å²) in [6.07, 6.45) is 1.36. The number of methoxy groups -OCH3 is 2. The summed E-state index contributed by atoms with van der Waals surface area (Å²) in [6, 6.07) is 1.27. The number of pyridine rings is 1. The van der Waals surface area contributed by atoms with E-state index in [1.54, 1.807) is 0 Å². The van der Waals surface area contributed by atoms with Crippen molar-refractivity contribution in [1.82, 2.24) is 4.98 Å². The topological polar surface area (TPSA) is 68.4 Å². The SMILES string of the molecule is COC(=O)c1[nH]ccc(=O)c1OC. The van der Waals surface area contributed by atoms with Crippen LogP contribution < -0.4 is 10.2 Å². The second-order valence-corrected chi connectivity index (χ2v) is 2.24. The van der Waals surface area contributed by atoms with Crippen molar-refractivity contribution >= 4 is 5.97 Å². The molecular weight excluding hydrogens is 174 g/mol. The number of nitrogens with one attached hydrogen (secondary N) is 1. The van der Waals surface area contributed by atoms with Crippen molar-refractivity contribution in [3.8, 4) is 5.75 Å². The molecule has 1 rings (SSSR count). The highest BCUT2D eigenvalue weighted by atomic mass is 16.5. The number of hydrogen-bond donors (Lipinski definition) is 1. The zero-order chi connectivity index (χ0) is 9.84. The van der Waals surface area contributed by atoms with Crippen LogP contribution in [0.5, 0.6) is 5.75 Å². The predicted octanol–water partition coefficient (Wildman–Crippen LogP) is 0.170. The maximum Gasteiger partial charge on any atom is 0.358 e. The Morgan fingerprint density at radius 3 is 2.69 bits per heavy atom. The number of H-pyrrole nitrogens is 1. The molecule has 1 heterocycles. The van der Waals surface area contributed by atoms with Crippen molar-refractivity contribution < 1.29 is 14.3 Å². The van der Waals surface area contributed by atoms with E-state index < -0.39 is 5.97 Å². The van der Waals surface area contributed by atoms with Crippen molar-refractivity contribution in [3.63, 3.8) is 0 Å². The fourth-order valence-electron chi connectivity index (χ4n) is 0.921. The minimum atomic E-state index is -0.630. The second kappa shape index (κ2) is 3.75. The summed E-state index contributed by atoms with van der Waals surface area (Å²) < 4.78 is 9.20. The molecule has 5 nitrogen and oxygen atoms in total. The Bertz CT molecular complexity index is 369. The Hall–Kier alpha value is -1.78. The predicted molar refractivity (Wildman–Crippen MR) is 45.0 cm³/mol. The molecule has 70 valence electrons. The standard InChI is InChI=1S/C8H9NO4/c1-12-7-5(10)3-4-9-6(7)8(11)13-2/h3-4H,1-2H3,(H,9,10). The summed E-state index contributed by atoms with van der Waals surface area (Å²) in [5.74, 6) is -0.663. The van der Waals surface area contributed by atoms with Gasteiger partial charge in [0.1, 0.15) is 0 Å². The maximum atomic E-state index is 11.1. The highest BCUT2D eigenvalue weighted by Gasteiger charge is 2.14. The zero-order valence-electron chi connectivity index (χ0n) is 7.29. The first-order valence-electron chi connectivity index (χ1n) is 3.54. The van der Waals surface area contributed by atoms with Crippen LogP contribution in [0.3, 0.4) is 0 Å². The van der Waals surface area contributed by atoms with Crippen LogP contribution in [-0.4, -0.2) is 25.2 Å². The number of ether oxygens (including phenoxy) is 2. The first-order valence-corrected chi connectivity index (χ1v) is 3.54. The van der Waals surface area contributed by atoms with Crippen LogP contribution in [0.4, 0.5) is 0 Å². The lowest BCUT2D eigenvalue weighted by atomic mass is 10.3. The molecule has 0 aliphatic heterocycles. The van der Waals surface area contributed by atoms with E-state index in [1.165, 1.54) is 26.5 Å². The summed E-state index contributed by atoms with van der Waals surface area (Å²) in [7, 11) is 2.55. The second-order valence-electron chi connectivity index (χ2n) is 2.24. The van der Waals surface area contributed by atoms with E-state index in [0.29, 0.717) is 0 Å². The monoisotopic (exact) mass is 183 g/mol. The molecule has 0 unspecified atom stereocenters. The molecule has 1 aromatic heterocycles. The molecule has 0 saturated heterocycles. The van der Waals surface area contributed by atoms with Crippen LogP contribution in [0.25, 0.3) is 0 Å². The molecule has 1 aromatic rings. The fourth-order valence-corrected chi connectivity index (χ4v) is 0.921. The summed E-state index contributed by atoms with van der Waals surface area (Å²) in [5, 5.41) is 0. The Labute approximate surface area is 74.3 Å². The molecule has 0 saturated carbocycles. The van der Waals surface area contributed by atoms with Crippen LogP contribution in [-0.2, 0) is 4.74 Å². The lowest BCUT2D eigenvalue weighted by molar-refractivity contribution is 0.0589. The van der Waals surface area contributed by atoms with Crippen molar-refractivity contribution in [3.05, 3.63) is 28.2 Å².